The first kappa shape index (κ1) is 32.9. The van der Waals surface area contributed by atoms with E-state index in [-0.39, 0.29) is 17.9 Å². The van der Waals surface area contributed by atoms with E-state index in [1.165, 1.54) is 24.0 Å². The number of methoxy groups -OCH3 is 1. The van der Waals surface area contributed by atoms with E-state index < -0.39 is 6.09 Å². The number of carbonyl (C=O) groups excluding carboxylic acids is 2. The summed E-state index contributed by atoms with van der Waals surface area (Å²) in [6.07, 6.45) is 15.1. The van der Waals surface area contributed by atoms with Gasteiger partial charge in [0.05, 0.1) is 25.6 Å². The third kappa shape index (κ3) is 8.27. The van der Waals surface area contributed by atoms with Crippen LogP contribution in [-0.2, 0) is 9.53 Å². The molecule has 0 aliphatic heterocycles. The van der Waals surface area contributed by atoms with Gasteiger partial charge in [-0.2, -0.15) is 5.10 Å². The molecule has 3 fully saturated rings. The van der Waals surface area contributed by atoms with E-state index in [9.17, 15) is 9.59 Å². The minimum Gasteiger partial charge on any atom is -0.496 e. The van der Waals surface area contributed by atoms with Crippen LogP contribution < -0.4 is 15.0 Å². The predicted octanol–water partition coefficient (Wildman–Crippen LogP) is 8.72. The highest BCUT2D eigenvalue weighted by Crippen LogP contribution is 2.40. The van der Waals surface area contributed by atoms with Crippen molar-refractivity contribution in [1.29, 1.82) is 0 Å². The molecule has 0 spiro atoms. The molecule has 250 valence electrons. The van der Waals surface area contributed by atoms with Crippen LogP contribution in [0.1, 0.15) is 101 Å². The summed E-state index contributed by atoms with van der Waals surface area (Å²) < 4.78 is 12.9. The van der Waals surface area contributed by atoms with E-state index in [0.717, 1.165) is 86.0 Å². The number of alkyl carbamates (subject to hydrolysis) is 1. The Labute approximate surface area is 279 Å². The molecule has 3 aromatic rings. The van der Waals surface area contributed by atoms with Crippen LogP contribution in [0.15, 0.2) is 66.7 Å². The van der Waals surface area contributed by atoms with Crippen molar-refractivity contribution in [3.63, 3.8) is 0 Å². The average molecular weight is 639 g/mol. The van der Waals surface area contributed by atoms with Gasteiger partial charge in [0.15, 0.2) is 0 Å². The number of hydrogen-bond donors (Lipinski definition) is 1. The van der Waals surface area contributed by atoms with Gasteiger partial charge in [-0.25, -0.2) is 4.79 Å². The van der Waals surface area contributed by atoms with Gasteiger partial charge < -0.3 is 19.7 Å². The first-order valence-corrected chi connectivity index (χ1v) is 17.5. The van der Waals surface area contributed by atoms with Gasteiger partial charge in [0, 0.05) is 36.0 Å². The first-order chi connectivity index (χ1) is 22.8. The van der Waals surface area contributed by atoms with E-state index in [2.05, 4.69) is 75.6 Å². The van der Waals surface area contributed by atoms with E-state index in [1.807, 2.05) is 20.0 Å². The van der Waals surface area contributed by atoms with Crippen molar-refractivity contribution in [2.75, 3.05) is 18.6 Å². The van der Waals surface area contributed by atoms with Crippen LogP contribution in [0.5, 0.6) is 5.75 Å². The van der Waals surface area contributed by atoms with E-state index in [4.69, 9.17) is 9.47 Å². The monoisotopic (exact) mass is 638 g/mol. The molecule has 3 aliphatic rings. The van der Waals surface area contributed by atoms with Gasteiger partial charge in [-0.05, 0) is 137 Å². The lowest BCUT2D eigenvalue weighted by molar-refractivity contribution is -0.123. The molecule has 1 aromatic heterocycles. The molecular formula is C39H50N4O4. The topological polar surface area (TPSA) is 85.7 Å². The molecule has 1 N–H and O–H groups in total. The van der Waals surface area contributed by atoms with E-state index in [0.29, 0.717) is 17.9 Å². The summed E-state index contributed by atoms with van der Waals surface area (Å²) in [5.41, 5.74) is 6.82. The van der Waals surface area contributed by atoms with Crippen molar-refractivity contribution in [2.45, 2.75) is 103 Å². The summed E-state index contributed by atoms with van der Waals surface area (Å²) in [6, 6.07) is 15.6. The number of aromatic nitrogens is 2. The van der Waals surface area contributed by atoms with Gasteiger partial charge in [0.25, 0.3) is 0 Å². The smallest absolute Gasteiger partial charge is 0.412 e. The van der Waals surface area contributed by atoms with Crippen molar-refractivity contribution in [1.82, 2.24) is 15.1 Å². The van der Waals surface area contributed by atoms with Gasteiger partial charge in [-0.1, -0.05) is 24.3 Å². The number of allylic oxidation sites excluding steroid dienone is 1. The average Bonchev–Trinajstić information content (AvgIpc) is 3.82. The SMILES string of the molecule is COc1ccc(C2CCC(CN(C(=O)C3CCC(=COC(=O)NC(C)C)CC3)c3cccc(-c4cnn(C5CC5)c4)c3)CC2)cc1C. The van der Waals surface area contributed by atoms with Crippen molar-refractivity contribution in [3.05, 3.63) is 77.8 Å². The molecule has 3 saturated carbocycles. The summed E-state index contributed by atoms with van der Waals surface area (Å²) in [5, 5.41) is 7.36. The van der Waals surface area contributed by atoms with Crippen LogP contribution in [0.2, 0.25) is 0 Å². The number of ether oxygens (including phenoxy) is 2. The van der Waals surface area contributed by atoms with Crippen molar-refractivity contribution >= 4 is 17.7 Å². The molecule has 0 radical (unpaired) electrons. The number of benzene rings is 2. The summed E-state index contributed by atoms with van der Waals surface area (Å²) in [5.74, 6) is 2.08. The van der Waals surface area contributed by atoms with E-state index in [1.54, 1.807) is 13.4 Å². The lowest BCUT2D eigenvalue weighted by Gasteiger charge is -2.35. The number of carbonyl (C=O) groups is 2. The Balaban J connectivity index is 1.16. The quantitative estimate of drug-likeness (QED) is 0.225. The third-order valence-electron chi connectivity index (χ3n) is 10.2. The minimum atomic E-state index is -0.434. The fourth-order valence-electron chi connectivity index (χ4n) is 7.27. The zero-order valence-electron chi connectivity index (χ0n) is 28.4. The highest BCUT2D eigenvalue weighted by atomic mass is 16.5. The van der Waals surface area contributed by atoms with Gasteiger partial charge >= 0.3 is 6.09 Å². The number of amides is 2. The van der Waals surface area contributed by atoms with Crippen LogP contribution in [0.25, 0.3) is 11.1 Å². The maximum Gasteiger partial charge on any atom is 0.412 e. The Hall–Kier alpha value is -4.07. The van der Waals surface area contributed by atoms with Crippen LogP contribution in [0.4, 0.5) is 10.5 Å². The van der Waals surface area contributed by atoms with Crippen molar-refractivity contribution in [3.8, 4) is 16.9 Å². The zero-order valence-corrected chi connectivity index (χ0v) is 28.4. The molecule has 3 aliphatic carbocycles. The van der Waals surface area contributed by atoms with Gasteiger partial charge in [-0.15, -0.1) is 0 Å². The van der Waals surface area contributed by atoms with Crippen molar-refractivity contribution in [2.24, 2.45) is 11.8 Å². The molecule has 8 nitrogen and oxygen atoms in total. The number of nitrogens with zero attached hydrogens (tertiary/aromatic N) is 3. The summed E-state index contributed by atoms with van der Waals surface area (Å²) in [6.45, 7) is 6.65. The van der Waals surface area contributed by atoms with Crippen LogP contribution in [-0.4, -0.2) is 41.5 Å². The summed E-state index contributed by atoms with van der Waals surface area (Å²) in [7, 11) is 1.73. The normalized spacial score (nSPS) is 21.3. The number of hydrogen-bond acceptors (Lipinski definition) is 5. The molecule has 1 heterocycles. The Morgan fingerprint density at radius 3 is 2.45 bits per heavy atom. The Kier molecular flexibility index (Phi) is 10.3. The van der Waals surface area contributed by atoms with Gasteiger partial charge in [0.2, 0.25) is 5.91 Å². The number of nitrogens with one attached hydrogen (secondary N) is 1. The molecule has 6 rings (SSSR count). The molecule has 47 heavy (non-hydrogen) atoms. The fourth-order valence-corrected chi connectivity index (χ4v) is 7.27. The predicted molar refractivity (Wildman–Crippen MR) is 186 cm³/mol. The third-order valence-corrected chi connectivity index (χ3v) is 10.2. The zero-order chi connectivity index (χ0) is 32.9. The maximum absolute atomic E-state index is 14.4. The highest BCUT2D eigenvalue weighted by molar-refractivity contribution is 5.95. The molecule has 0 bridgehead atoms. The van der Waals surface area contributed by atoms with Crippen molar-refractivity contribution < 1.29 is 19.1 Å². The second kappa shape index (κ2) is 14.8. The van der Waals surface area contributed by atoms with Crippen LogP contribution in [0, 0.1) is 18.8 Å². The Morgan fingerprint density at radius 1 is 1.00 bits per heavy atom. The summed E-state index contributed by atoms with van der Waals surface area (Å²) >= 11 is 0. The Bertz CT molecular complexity index is 1570. The Morgan fingerprint density at radius 2 is 1.77 bits per heavy atom. The van der Waals surface area contributed by atoms with E-state index >= 15 is 0 Å². The summed E-state index contributed by atoms with van der Waals surface area (Å²) in [4.78, 5) is 28.4. The molecule has 0 saturated heterocycles. The second-order valence-corrected chi connectivity index (χ2v) is 14.1. The number of rotatable bonds is 10. The molecule has 2 aromatic carbocycles. The molecule has 0 atom stereocenters. The molecule has 8 heteroatoms. The number of aryl methyl sites for hydroxylation is 1. The van der Waals surface area contributed by atoms with Crippen LogP contribution in [0.3, 0.4) is 0 Å². The maximum atomic E-state index is 14.4. The first-order valence-electron chi connectivity index (χ1n) is 17.5. The molecule has 2 amide bonds. The molecule has 0 unspecified atom stereocenters. The molecular weight excluding hydrogens is 588 g/mol. The largest absolute Gasteiger partial charge is 0.496 e. The lowest BCUT2D eigenvalue weighted by atomic mass is 9.78. The highest BCUT2D eigenvalue weighted by Gasteiger charge is 2.32. The standard InChI is InChI=1S/C39H50N4O4/c1-26(2)41-39(45)47-25-29-10-14-31(15-11-29)38(44)42(36-7-5-6-32(21-36)34-22-40-43(24-34)35-17-18-35)23-28-8-12-30(13-9-28)33-16-19-37(46-4)27(3)20-33/h5-7,16,19-22,24-26,28,30-31,35H,8-15,17-18,23H2,1-4H3,(H,41,45). The number of anilines is 1. The van der Waals surface area contributed by atoms with Gasteiger partial charge in [0.1, 0.15) is 5.75 Å². The second-order valence-electron chi connectivity index (χ2n) is 14.1. The van der Waals surface area contributed by atoms with Gasteiger partial charge in [-0.3, -0.25) is 9.48 Å². The lowest BCUT2D eigenvalue weighted by Crippen LogP contribution is -2.41. The fraction of sp³-hybridized carbons (Fsp3) is 0.513. The minimum absolute atomic E-state index is 0.0230. The van der Waals surface area contributed by atoms with Crippen LogP contribution >= 0.6 is 0 Å².